The molecular weight excluding hydrogens is 464 g/mol. The number of pyridine rings is 2. The van der Waals surface area contributed by atoms with Gasteiger partial charge in [0, 0.05) is 24.2 Å². The van der Waals surface area contributed by atoms with Gasteiger partial charge < -0.3 is 10.5 Å². The van der Waals surface area contributed by atoms with Gasteiger partial charge in [0.1, 0.15) is 11.7 Å². The van der Waals surface area contributed by atoms with E-state index in [2.05, 4.69) is 15.2 Å². The molecule has 184 valence electrons. The van der Waals surface area contributed by atoms with Crippen molar-refractivity contribution in [1.82, 2.24) is 24.5 Å². The summed E-state index contributed by atoms with van der Waals surface area (Å²) in [6, 6.07) is 7.33. The molecule has 0 saturated carbocycles. The summed E-state index contributed by atoms with van der Waals surface area (Å²) in [5.74, 6) is -0.0913. The highest BCUT2D eigenvalue weighted by Gasteiger charge is 2.46. The van der Waals surface area contributed by atoms with Crippen LogP contribution in [0.4, 0.5) is 17.6 Å². The number of alkyl halides is 3. The third kappa shape index (κ3) is 4.41. The van der Waals surface area contributed by atoms with Crippen LogP contribution in [0.2, 0.25) is 0 Å². The van der Waals surface area contributed by atoms with Gasteiger partial charge in [-0.05, 0) is 56.1 Å². The van der Waals surface area contributed by atoms with E-state index in [9.17, 15) is 17.6 Å². The maximum Gasteiger partial charge on any atom is 0.408 e. The van der Waals surface area contributed by atoms with E-state index < -0.39 is 18.0 Å². The van der Waals surface area contributed by atoms with Crippen molar-refractivity contribution in [3.05, 3.63) is 54.0 Å². The summed E-state index contributed by atoms with van der Waals surface area (Å²) in [6.07, 6.45) is -2.42. The average Bonchev–Trinajstić information content (AvgIpc) is 3.46. The van der Waals surface area contributed by atoms with Gasteiger partial charge in [-0.3, -0.25) is 9.30 Å². The minimum Gasteiger partial charge on any atom is -0.491 e. The van der Waals surface area contributed by atoms with E-state index >= 15 is 0 Å². The minimum atomic E-state index is -4.47. The first kappa shape index (κ1) is 23.4. The molecule has 7 nitrogen and oxygen atoms in total. The van der Waals surface area contributed by atoms with Crippen LogP contribution in [0.25, 0.3) is 28.1 Å². The summed E-state index contributed by atoms with van der Waals surface area (Å²) >= 11 is 0. The Morgan fingerprint density at radius 2 is 2.00 bits per heavy atom. The minimum absolute atomic E-state index is 0.0438. The van der Waals surface area contributed by atoms with Crippen LogP contribution < -0.4 is 10.5 Å². The Bertz CT molecular complexity index is 1370. The maximum absolute atomic E-state index is 14.2. The molecule has 0 bridgehead atoms. The molecule has 1 saturated heterocycles. The molecule has 3 aromatic heterocycles. The number of nitrogens with zero attached hydrogens (tertiary/aromatic N) is 5. The van der Waals surface area contributed by atoms with Crippen molar-refractivity contribution >= 4 is 16.6 Å². The highest BCUT2D eigenvalue weighted by atomic mass is 19.4. The van der Waals surface area contributed by atoms with Crippen molar-refractivity contribution in [2.75, 3.05) is 26.2 Å². The summed E-state index contributed by atoms with van der Waals surface area (Å²) in [6.45, 7) is 3.02. The zero-order valence-corrected chi connectivity index (χ0v) is 19.0. The fourth-order valence-electron chi connectivity index (χ4n) is 4.65. The number of hydrogen-bond acceptors (Lipinski definition) is 6. The fraction of sp³-hybridized carbons (Fsp3) is 0.375. The molecule has 5 rings (SSSR count). The van der Waals surface area contributed by atoms with E-state index in [0.717, 1.165) is 0 Å². The maximum atomic E-state index is 14.2. The predicted octanol–water partition coefficient (Wildman–Crippen LogP) is 4.37. The molecule has 0 aliphatic carbocycles. The number of benzene rings is 1. The first-order valence-corrected chi connectivity index (χ1v) is 11.4. The van der Waals surface area contributed by atoms with Gasteiger partial charge in [0.2, 0.25) is 0 Å². The van der Waals surface area contributed by atoms with E-state index in [-0.39, 0.29) is 23.1 Å². The SMILES string of the molecule is CCOc1cc2nc(-c3nnc4ccc([C@@H](N5CCC(CN)C5)C(F)(F)F)cn34)ccc2cc1F. The summed E-state index contributed by atoms with van der Waals surface area (Å²) in [5, 5.41) is 8.83. The van der Waals surface area contributed by atoms with Gasteiger partial charge in [-0.2, -0.15) is 13.2 Å². The molecular formula is C24H24F4N6O. The number of rotatable bonds is 6. The second-order valence-corrected chi connectivity index (χ2v) is 8.65. The van der Waals surface area contributed by atoms with Crippen molar-refractivity contribution in [3.63, 3.8) is 0 Å². The number of aromatic nitrogens is 4. The van der Waals surface area contributed by atoms with E-state index in [0.29, 0.717) is 54.9 Å². The molecule has 1 aliphatic rings. The van der Waals surface area contributed by atoms with Gasteiger partial charge in [-0.1, -0.05) is 12.1 Å². The number of nitrogens with two attached hydrogens (primary N) is 1. The first-order chi connectivity index (χ1) is 16.8. The highest BCUT2D eigenvalue weighted by Crippen LogP contribution is 2.40. The lowest BCUT2D eigenvalue weighted by Gasteiger charge is -2.30. The molecule has 4 heterocycles. The number of ether oxygens (including phenoxy) is 1. The van der Waals surface area contributed by atoms with E-state index in [1.54, 1.807) is 19.1 Å². The third-order valence-corrected chi connectivity index (χ3v) is 6.34. The Morgan fingerprint density at radius 1 is 1.17 bits per heavy atom. The molecule has 2 N–H and O–H groups in total. The van der Waals surface area contributed by atoms with E-state index in [1.807, 2.05) is 0 Å². The van der Waals surface area contributed by atoms with Crippen LogP contribution in [-0.4, -0.2) is 56.9 Å². The second kappa shape index (κ2) is 9.04. The fourth-order valence-corrected chi connectivity index (χ4v) is 4.65. The first-order valence-electron chi connectivity index (χ1n) is 11.4. The van der Waals surface area contributed by atoms with E-state index in [4.69, 9.17) is 10.5 Å². The number of fused-ring (bicyclic) bond motifs is 2. The molecule has 1 aliphatic heterocycles. The van der Waals surface area contributed by atoms with Crippen LogP contribution in [0, 0.1) is 11.7 Å². The van der Waals surface area contributed by atoms with Crippen molar-refractivity contribution < 1.29 is 22.3 Å². The van der Waals surface area contributed by atoms with Crippen molar-refractivity contribution in [2.45, 2.75) is 25.6 Å². The lowest BCUT2D eigenvalue weighted by atomic mass is 10.1. The average molecular weight is 488 g/mol. The van der Waals surface area contributed by atoms with Crippen LogP contribution in [0.3, 0.4) is 0 Å². The quantitative estimate of drug-likeness (QED) is 0.406. The van der Waals surface area contributed by atoms with Gasteiger partial charge in [-0.15, -0.1) is 10.2 Å². The van der Waals surface area contributed by atoms with Crippen LogP contribution >= 0.6 is 0 Å². The molecule has 35 heavy (non-hydrogen) atoms. The smallest absolute Gasteiger partial charge is 0.408 e. The number of likely N-dealkylation sites (tertiary alicyclic amines) is 1. The third-order valence-electron chi connectivity index (χ3n) is 6.34. The lowest BCUT2D eigenvalue weighted by molar-refractivity contribution is -0.184. The Morgan fingerprint density at radius 3 is 2.71 bits per heavy atom. The monoisotopic (exact) mass is 488 g/mol. The number of hydrogen-bond donors (Lipinski definition) is 1. The zero-order valence-electron chi connectivity index (χ0n) is 19.0. The molecule has 4 aromatic rings. The lowest BCUT2D eigenvalue weighted by Crippen LogP contribution is -2.37. The Labute approximate surface area is 198 Å². The van der Waals surface area contributed by atoms with E-state index in [1.165, 1.54) is 39.8 Å². The van der Waals surface area contributed by atoms with Crippen molar-refractivity contribution in [3.8, 4) is 17.3 Å². The normalized spacial score (nSPS) is 17.9. The molecule has 1 aromatic carbocycles. The topological polar surface area (TPSA) is 81.6 Å². The van der Waals surface area contributed by atoms with Crippen LogP contribution in [0.5, 0.6) is 5.75 Å². The second-order valence-electron chi connectivity index (χ2n) is 8.65. The Kier molecular flexibility index (Phi) is 6.06. The van der Waals surface area contributed by atoms with Crippen LogP contribution in [0.15, 0.2) is 42.6 Å². The Balaban J connectivity index is 1.57. The molecule has 0 amide bonds. The summed E-state index contributed by atoms with van der Waals surface area (Å²) in [4.78, 5) is 5.99. The largest absolute Gasteiger partial charge is 0.491 e. The van der Waals surface area contributed by atoms with Crippen molar-refractivity contribution in [1.29, 1.82) is 0 Å². The summed E-state index contributed by atoms with van der Waals surface area (Å²) in [5.41, 5.74) is 7.04. The predicted molar refractivity (Wildman–Crippen MR) is 122 cm³/mol. The molecule has 0 radical (unpaired) electrons. The van der Waals surface area contributed by atoms with Crippen molar-refractivity contribution in [2.24, 2.45) is 11.7 Å². The Hall–Kier alpha value is -3.31. The molecule has 0 spiro atoms. The van der Waals surface area contributed by atoms with Gasteiger partial charge in [0.15, 0.2) is 23.0 Å². The molecule has 11 heteroatoms. The van der Waals surface area contributed by atoms with Crippen LogP contribution in [-0.2, 0) is 0 Å². The standard InChI is InChI=1S/C24H24F4N6O/c1-2-35-20-10-19-15(9-17(20)25)3-5-18(30-19)23-32-31-21-6-4-16(13-34(21)23)22(24(26,27)28)33-8-7-14(11-29)12-33/h3-6,9-10,13-14,22H,2,7-8,11-12,29H2,1H3/t14?,22-/m1/s1. The highest BCUT2D eigenvalue weighted by molar-refractivity contribution is 5.82. The van der Waals surface area contributed by atoms with Crippen LogP contribution in [0.1, 0.15) is 24.9 Å². The van der Waals surface area contributed by atoms with Gasteiger partial charge in [0.25, 0.3) is 0 Å². The molecule has 2 atom stereocenters. The molecule has 1 unspecified atom stereocenters. The summed E-state index contributed by atoms with van der Waals surface area (Å²) < 4.78 is 63.6. The zero-order chi connectivity index (χ0) is 24.7. The van der Waals surface area contributed by atoms with Gasteiger partial charge >= 0.3 is 6.18 Å². The van der Waals surface area contributed by atoms with Gasteiger partial charge in [-0.25, -0.2) is 9.37 Å². The number of halogens is 4. The van der Waals surface area contributed by atoms with Gasteiger partial charge in [0.05, 0.1) is 12.1 Å². The summed E-state index contributed by atoms with van der Waals surface area (Å²) in [7, 11) is 0. The molecule has 1 fully saturated rings.